The number of rotatable bonds is 6. The minimum absolute atomic E-state index is 0.133. The molecular formula is C25H22BrN3O2S. The van der Waals surface area contributed by atoms with E-state index in [1.165, 1.54) is 11.8 Å². The topological polar surface area (TPSA) is 64.0 Å². The molecule has 0 bridgehead atoms. The lowest BCUT2D eigenvalue weighted by Gasteiger charge is -2.15. The second kappa shape index (κ2) is 9.71. The minimum atomic E-state index is -0.161. The van der Waals surface area contributed by atoms with Gasteiger partial charge in [-0.1, -0.05) is 71.9 Å². The van der Waals surface area contributed by atoms with Crippen molar-refractivity contribution in [2.75, 3.05) is 11.1 Å². The highest BCUT2D eigenvalue weighted by Gasteiger charge is 2.16. The number of halogens is 1. The number of thioether (sulfide) groups is 1. The van der Waals surface area contributed by atoms with Crippen molar-refractivity contribution in [1.29, 1.82) is 0 Å². The third-order valence-corrected chi connectivity index (χ3v) is 6.49. The van der Waals surface area contributed by atoms with E-state index in [4.69, 9.17) is 4.98 Å². The first kappa shape index (κ1) is 22.3. The fourth-order valence-corrected chi connectivity index (χ4v) is 4.53. The van der Waals surface area contributed by atoms with Crippen LogP contribution in [0, 0.1) is 0 Å². The van der Waals surface area contributed by atoms with E-state index in [1.807, 2.05) is 66.7 Å². The quantitative estimate of drug-likeness (QED) is 0.256. The number of hydrogen-bond donors (Lipinski definition) is 1. The fraction of sp³-hybridized carbons (Fsp3) is 0.160. The van der Waals surface area contributed by atoms with Gasteiger partial charge in [0.1, 0.15) is 0 Å². The molecule has 0 unspecified atom stereocenters. The van der Waals surface area contributed by atoms with Gasteiger partial charge in [-0.3, -0.25) is 14.2 Å². The van der Waals surface area contributed by atoms with Crippen LogP contribution in [0.4, 0.5) is 5.69 Å². The number of benzene rings is 3. The van der Waals surface area contributed by atoms with Gasteiger partial charge in [0.25, 0.3) is 5.56 Å². The number of para-hydroxylation sites is 2. The molecule has 7 heteroatoms. The number of hydrogen-bond acceptors (Lipinski definition) is 4. The fourth-order valence-electron chi connectivity index (χ4n) is 3.46. The molecule has 162 valence electrons. The molecule has 0 aliphatic rings. The van der Waals surface area contributed by atoms with Crippen molar-refractivity contribution in [2.45, 2.75) is 24.9 Å². The van der Waals surface area contributed by atoms with E-state index in [0.29, 0.717) is 27.7 Å². The maximum Gasteiger partial charge on any atom is 0.266 e. The summed E-state index contributed by atoms with van der Waals surface area (Å²) in [5, 5.41) is 4.01. The number of anilines is 1. The number of carbonyl (C=O) groups excluding carboxylic acids is 1. The number of aromatic nitrogens is 2. The second-order valence-electron chi connectivity index (χ2n) is 7.61. The van der Waals surface area contributed by atoms with E-state index in [-0.39, 0.29) is 17.2 Å². The Bertz CT molecular complexity index is 1330. The number of nitrogens with one attached hydrogen (secondary N) is 1. The van der Waals surface area contributed by atoms with Crippen LogP contribution in [0.3, 0.4) is 0 Å². The largest absolute Gasteiger partial charge is 0.325 e. The summed E-state index contributed by atoms with van der Waals surface area (Å²) < 4.78 is 2.48. The Balaban J connectivity index is 1.65. The van der Waals surface area contributed by atoms with E-state index in [9.17, 15) is 9.59 Å². The normalized spacial score (nSPS) is 11.1. The van der Waals surface area contributed by atoms with Crippen molar-refractivity contribution in [3.63, 3.8) is 0 Å². The van der Waals surface area contributed by atoms with Gasteiger partial charge in [0.05, 0.1) is 22.3 Å². The molecule has 3 aromatic carbocycles. The smallest absolute Gasteiger partial charge is 0.266 e. The van der Waals surface area contributed by atoms with Gasteiger partial charge in [0, 0.05) is 10.2 Å². The van der Waals surface area contributed by atoms with Crippen molar-refractivity contribution in [1.82, 2.24) is 9.55 Å². The molecule has 1 N–H and O–H groups in total. The predicted octanol–water partition coefficient (Wildman–Crippen LogP) is 6.00. The van der Waals surface area contributed by atoms with Crippen molar-refractivity contribution >= 4 is 50.2 Å². The third-order valence-electron chi connectivity index (χ3n) is 5.02. The van der Waals surface area contributed by atoms with Crippen LogP contribution < -0.4 is 10.9 Å². The van der Waals surface area contributed by atoms with Gasteiger partial charge in [0.15, 0.2) is 5.16 Å². The predicted molar refractivity (Wildman–Crippen MR) is 135 cm³/mol. The highest BCUT2D eigenvalue weighted by atomic mass is 79.9. The monoisotopic (exact) mass is 507 g/mol. The van der Waals surface area contributed by atoms with Crippen molar-refractivity contribution < 1.29 is 4.79 Å². The molecule has 0 saturated carbocycles. The third kappa shape index (κ3) is 4.79. The Hall–Kier alpha value is -2.90. The highest BCUT2D eigenvalue weighted by molar-refractivity contribution is 9.10. The Morgan fingerprint density at radius 1 is 1.03 bits per heavy atom. The summed E-state index contributed by atoms with van der Waals surface area (Å²) in [6, 6.07) is 22.5. The zero-order valence-electron chi connectivity index (χ0n) is 17.7. The number of fused-ring (bicyclic) bond motifs is 1. The lowest BCUT2D eigenvalue weighted by molar-refractivity contribution is -0.113. The first-order valence-electron chi connectivity index (χ1n) is 10.2. The van der Waals surface area contributed by atoms with Crippen LogP contribution in [0.1, 0.15) is 25.3 Å². The number of amides is 1. The van der Waals surface area contributed by atoms with Crippen molar-refractivity contribution in [3.8, 4) is 5.69 Å². The van der Waals surface area contributed by atoms with Crippen LogP contribution in [0.2, 0.25) is 0 Å². The maximum atomic E-state index is 13.3. The minimum Gasteiger partial charge on any atom is -0.325 e. The Kier molecular flexibility index (Phi) is 6.77. The molecule has 0 spiro atoms. The van der Waals surface area contributed by atoms with Gasteiger partial charge in [-0.05, 0) is 53.9 Å². The molecular weight excluding hydrogens is 486 g/mol. The molecule has 5 nitrogen and oxygen atoms in total. The molecule has 4 rings (SSSR count). The summed E-state index contributed by atoms with van der Waals surface area (Å²) in [6.45, 7) is 4.19. The van der Waals surface area contributed by atoms with E-state index in [2.05, 4.69) is 35.1 Å². The average Bonchev–Trinajstić information content (AvgIpc) is 2.79. The Morgan fingerprint density at radius 2 is 1.72 bits per heavy atom. The number of carbonyl (C=O) groups is 1. The van der Waals surface area contributed by atoms with Gasteiger partial charge in [-0.25, -0.2) is 4.98 Å². The first-order chi connectivity index (χ1) is 15.4. The zero-order valence-corrected chi connectivity index (χ0v) is 20.1. The zero-order chi connectivity index (χ0) is 22.7. The summed E-state index contributed by atoms with van der Waals surface area (Å²) in [5.41, 5.74) is 3.04. The molecule has 0 aliphatic heterocycles. The molecule has 1 heterocycles. The lowest BCUT2D eigenvalue weighted by Crippen LogP contribution is -2.23. The SMILES string of the molecule is CC(C)c1ccccc1NC(=O)CSc1nc2ccccc2c(=O)n1-c1ccc(Br)cc1. The molecule has 0 atom stereocenters. The molecule has 1 aromatic heterocycles. The van der Waals surface area contributed by atoms with Crippen LogP contribution in [0.15, 0.2) is 87.2 Å². The van der Waals surface area contributed by atoms with Crippen LogP contribution in [-0.2, 0) is 4.79 Å². The van der Waals surface area contributed by atoms with Gasteiger partial charge < -0.3 is 5.32 Å². The van der Waals surface area contributed by atoms with Crippen LogP contribution >= 0.6 is 27.7 Å². The van der Waals surface area contributed by atoms with Gasteiger partial charge >= 0.3 is 0 Å². The van der Waals surface area contributed by atoms with Gasteiger partial charge in [0.2, 0.25) is 5.91 Å². The molecule has 4 aromatic rings. The summed E-state index contributed by atoms with van der Waals surface area (Å²) in [6.07, 6.45) is 0. The summed E-state index contributed by atoms with van der Waals surface area (Å²) in [5.74, 6) is 0.282. The standard InChI is InChI=1S/C25H22BrN3O2S/c1-16(2)19-7-3-5-9-21(19)27-23(30)15-32-25-28-22-10-6-4-8-20(22)24(31)29(25)18-13-11-17(26)12-14-18/h3-14,16H,15H2,1-2H3,(H,27,30). The van der Waals surface area contributed by atoms with Crippen LogP contribution in [0.25, 0.3) is 16.6 Å². The average molecular weight is 508 g/mol. The molecule has 0 radical (unpaired) electrons. The summed E-state index contributed by atoms with van der Waals surface area (Å²) >= 11 is 4.68. The lowest BCUT2D eigenvalue weighted by atomic mass is 10.0. The molecule has 0 aliphatic carbocycles. The second-order valence-corrected chi connectivity index (χ2v) is 9.47. The molecule has 1 amide bonds. The molecule has 0 saturated heterocycles. The van der Waals surface area contributed by atoms with Gasteiger partial charge in [-0.15, -0.1) is 0 Å². The van der Waals surface area contributed by atoms with Crippen molar-refractivity contribution in [3.05, 3.63) is 93.2 Å². The van der Waals surface area contributed by atoms with E-state index < -0.39 is 0 Å². The van der Waals surface area contributed by atoms with Crippen molar-refractivity contribution in [2.24, 2.45) is 0 Å². The summed E-state index contributed by atoms with van der Waals surface area (Å²) in [7, 11) is 0. The molecule has 32 heavy (non-hydrogen) atoms. The molecule has 0 fully saturated rings. The van der Waals surface area contributed by atoms with Crippen LogP contribution in [0.5, 0.6) is 0 Å². The van der Waals surface area contributed by atoms with E-state index >= 15 is 0 Å². The van der Waals surface area contributed by atoms with Gasteiger partial charge in [-0.2, -0.15) is 0 Å². The van der Waals surface area contributed by atoms with E-state index in [0.717, 1.165) is 15.7 Å². The van der Waals surface area contributed by atoms with E-state index in [1.54, 1.807) is 10.6 Å². The number of nitrogens with zero attached hydrogens (tertiary/aromatic N) is 2. The summed E-state index contributed by atoms with van der Waals surface area (Å²) in [4.78, 5) is 30.7. The van der Waals surface area contributed by atoms with Crippen LogP contribution in [-0.4, -0.2) is 21.2 Å². The highest BCUT2D eigenvalue weighted by Crippen LogP contribution is 2.25. The maximum absolute atomic E-state index is 13.3. The Labute approximate surface area is 199 Å². The Morgan fingerprint density at radius 3 is 2.47 bits per heavy atom. The first-order valence-corrected chi connectivity index (χ1v) is 12.0.